The minimum Gasteiger partial charge on any atom is -0.455 e. The molecule has 0 unspecified atom stereocenters. The van der Waals surface area contributed by atoms with Gasteiger partial charge >= 0.3 is 6.18 Å². The van der Waals surface area contributed by atoms with Crippen molar-refractivity contribution in [3.63, 3.8) is 0 Å². The quantitative estimate of drug-likeness (QED) is 0.827. The number of rotatable bonds is 3. The minimum absolute atomic E-state index is 0.0122. The van der Waals surface area contributed by atoms with E-state index in [0.717, 1.165) is 18.4 Å². The van der Waals surface area contributed by atoms with Gasteiger partial charge in [-0.2, -0.15) is 13.2 Å². The summed E-state index contributed by atoms with van der Waals surface area (Å²) < 4.78 is 67.3. The summed E-state index contributed by atoms with van der Waals surface area (Å²) in [6.07, 6.45) is -3.95. The van der Waals surface area contributed by atoms with Crippen LogP contribution in [-0.2, 0) is 16.0 Å². The molecule has 0 N–H and O–H groups in total. The molecular formula is C14H9ClF3O3S. The van der Waals surface area contributed by atoms with Crippen LogP contribution in [0.2, 0.25) is 5.02 Å². The van der Waals surface area contributed by atoms with Crippen molar-refractivity contribution in [2.75, 3.05) is 6.26 Å². The maximum absolute atomic E-state index is 13.1. The number of hydrogen-bond acceptors (Lipinski definition) is 3. The highest BCUT2D eigenvalue weighted by Gasteiger charge is 2.35. The van der Waals surface area contributed by atoms with E-state index in [1.54, 1.807) is 0 Å². The van der Waals surface area contributed by atoms with E-state index in [1.165, 1.54) is 18.2 Å². The maximum Gasteiger partial charge on any atom is 0.420 e. The van der Waals surface area contributed by atoms with Crippen molar-refractivity contribution in [3.05, 3.63) is 53.1 Å². The molecule has 0 fully saturated rings. The van der Waals surface area contributed by atoms with Crippen molar-refractivity contribution in [2.24, 2.45) is 0 Å². The zero-order valence-corrected chi connectivity index (χ0v) is 12.7. The Morgan fingerprint density at radius 2 is 1.86 bits per heavy atom. The Hall–Kier alpha value is -1.73. The van der Waals surface area contributed by atoms with E-state index >= 15 is 0 Å². The summed E-state index contributed by atoms with van der Waals surface area (Å²) >= 11 is 5.82. The van der Waals surface area contributed by atoms with Crippen LogP contribution in [0.5, 0.6) is 11.5 Å². The number of hydrogen-bond donors (Lipinski definition) is 0. The van der Waals surface area contributed by atoms with Crippen molar-refractivity contribution in [3.8, 4) is 11.5 Å². The summed E-state index contributed by atoms with van der Waals surface area (Å²) in [7, 11) is -3.77. The fraction of sp³-hybridized carbons (Fsp3) is 0.143. The van der Waals surface area contributed by atoms with E-state index in [4.69, 9.17) is 16.3 Å². The Balaban J connectivity index is 2.54. The van der Waals surface area contributed by atoms with Gasteiger partial charge < -0.3 is 4.74 Å². The second kappa shape index (κ2) is 5.81. The zero-order chi connectivity index (χ0) is 16.5. The molecule has 1 radical (unpaired) electrons. The predicted molar refractivity (Wildman–Crippen MR) is 74.9 cm³/mol. The molecule has 0 heterocycles. The van der Waals surface area contributed by atoms with Crippen LogP contribution < -0.4 is 4.74 Å². The highest BCUT2D eigenvalue weighted by Crippen LogP contribution is 2.40. The molecule has 0 saturated heterocycles. The average molecular weight is 350 g/mol. The summed E-state index contributed by atoms with van der Waals surface area (Å²) in [5.74, 6) is -0.553. The van der Waals surface area contributed by atoms with Gasteiger partial charge in [0.05, 0.1) is 15.5 Å². The third kappa shape index (κ3) is 3.72. The van der Waals surface area contributed by atoms with E-state index in [2.05, 4.69) is 6.07 Å². The van der Waals surface area contributed by atoms with Crippen LogP contribution in [-0.4, -0.2) is 14.7 Å². The Kier molecular flexibility index (Phi) is 4.39. The Bertz CT molecular complexity index is 801. The molecule has 117 valence electrons. The monoisotopic (exact) mass is 349 g/mol. The molecule has 8 heteroatoms. The van der Waals surface area contributed by atoms with E-state index in [1.807, 2.05) is 0 Å². The summed E-state index contributed by atoms with van der Waals surface area (Å²) in [5, 5.41) is 0.110. The molecule has 2 rings (SSSR count). The minimum atomic E-state index is -4.78. The lowest BCUT2D eigenvalue weighted by atomic mass is 10.2. The lowest BCUT2D eigenvalue weighted by molar-refractivity contribution is -0.138. The molecule has 3 nitrogen and oxygen atoms in total. The number of alkyl halides is 3. The highest BCUT2D eigenvalue weighted by atomic mass is 35.5. The van der Waals surface area contributed by atoms with Crippen molar-refractivity contribution in [1.29, 1.82) is 0 Å². The van der Waals surface area contributed by atoms with E-state index in [-0.39, 0.29) is 10.8 Å². The van der Waals surface area contributed by atoms with Crippen LogP contribution in [0.3, 0.4) is 0 Å². The Labute approximate surface area is 130 Å². The average Bonchev–Trinajstić information content (AvgIpc) is 2.39. The van der Waals surface area contributed by atoms with Crippen molar-refractivity contribution < 1.29 is 26.3 Å². The van der Waals surface area contributed by atoms with Crippen molar-refractivity contribution in [1.82, 2.24) is 0 Å². The summed E-state index contributed by atoms with van der Waals surface area (Å²) in [6.45, 7) is 0. The molecule has 0 amide bonds. The van der Waals surface area contributed by atoms with Crippen LogP contribution in [0, 0.1) is 6.07 Å². The van der Waals surface area contributed by atoms with E-state index in [0.29, 0.717) is 6.07 Å². The number of benzene rings is 2. The van der Waals surface area contributed by atoms with Crippen LogP contribution in [0.15, 0.2) is 41.3 Å². The van der Waals surface area contributed by atoms with Crippen LogP contribution in [0.4, 0.5) is 13.2 Å². The predicted octanol–water partition coefficient (Wildman–Crippen LogP) is 4.35. The SMILES string of the molecule is CS(=O)(=O)c1ccc(Oc2c[c]ccc2Cl)c(C(F)(F)F)c1. The summed E-state index contributed by atoms with van der Waals surface area (Å²) in [6, 6.07) is 9.33. The first-order chi connectivity index (χ1) is 10.1. The summed E-state index contributed by atoms with van der Waals surface area (Å²) in [5.41, 5.74) is -1.20. The van der Waals surface area contributed by atoms with Gasteiger partial charge in [-0.05, 0) is 36.4 Å². The molecule has 0 aliphatic heterocycles. The van der Waals surface area contributed by atoms with Crippen LogP contribution in [0.25, 0.3) is 0 Å². The smallest absolute Gasteiger partial charge is 0.420 e. The topological polar surface area (TPSA) is 43.4 Å². The summed E-state index contributed by atoms with van der Waals surface area (Å²) in [4.78, 5) is -0.446. The third-order valence-electron chi connectivity index (χ3n) is 2.68. The molecule has 0 saturated carbocycles. The lowest BCUT2D eigenvalue weighted by Gasteiger charge is -2.15. The molecule has 0 aliphatic rings. The van der Waals surface area contributed by atoms with Gasteiger partial charge in [-0.25, -0.2) is 8.42 Å². The third-order valence-corrected chi connectivity index (χ3v) is 4.10. The van der Waals surface area contributed by atoms with Gasteiger partial charge in [0.1, 0.15) is 11.5 Å². The molecule has 22 heavy (non-hydrogen) atoms. The largest absolute Gasteiger partial charge is 0.455 e. The fourth-order valence-electron chi connectivity index (χ4n) is 1.64. The Morgan fingerprint density at radius 1 is 1.18 bits per heavy atom. The van der Waals surface area contributed by atoms with Gasteiger partial charge in [-0.3, -0.25) is 0 Å². The highest BCUT2D eigenvalue weighted by molar-refractivity contribution is 7.90. The van der Waals surface area contributed by atoms with Gasteiger partial charge in [0.25, 0.3) is 0 Å². The molecule has 2 aromatic carbocycles. The first kappa shape index (κ1) is 16.6. The second-order valence-corrected chi connectivity index (χ2v) is 6.81. The van der Waals surface area contributed by atoms with Crippen molar-refractivity contribution in [2.45, 2.75) is 11.1 Å². The van der Waals surface area contributed by atoms with Crippen LogP contribution in [0.1, 0.15) is 5.56 Å². The first-order valence-electron chi connectivity index (χ1n) is 5.84. The fourth-order valence-corrected chi connectivity index (χ4v) is 2.45. The zero-order valence-electron chi connectivity index (χ0n) is 11.1. The van der Waals surface area contributed by atoms with E-state index in [9.17, 15) is 21.6 Å². The molecule has 0 bridgehead atoms. The molecule has 0 atom stereocenters. The standard InChI is InChI=1S/C14H9ClF3O3S/c1-22(19,20)9-6-7-12(10(8-9)14(16,17)18)21-13-5-3-2-4-11(13)15/h2,4-8H,1H3. The van der Waals surface area contributed by atoms with Gasteiger partial charge in [0.2, 0.25) is 0 Å². The van der Waals surface area contributed by atoms with E-state index < -0.39 is 32.2 Å². The van der Waals surface area contributed by atoms with Crippen molar-refractivity contribution >= 4 is 21.4 Å². The second-order valence-electron chi connectivity index (χ2n) is 4.39. The number of halogens is 4. The molecule has 0 aliphatic carbocycles. The first-order valence-corrected chi connectivity index (χ1v) is 8.11. The molecular weight excluding hydrogens is 341 g/mol. The van der Waals surface area contributed by atoms with Gasteiger partial charge in [-0.1, -0.05) is 17.7 Å². The normalized spacial score (nSPS) is 12.2. The lowest BCUT2D eigenvalue weighted by Crippen LogP contribution is -2.09. The number of sulfone groups is 1. The van der Waals surface area contributed by atoms with Gasteiger partial charge in [-0.15, -0.1) is 0 Å². The van der Waals surface area contributed by atoms with Gasteiger partial charge in [0, 0.05) is 6.26 Å². The Morgan fingerprint density at radius 3 is 2.41 bits per heavy atom. The van der Waals surface area contributed by atoms with Crippen LogP contribution >= 0.6 is 11.6 Å². The number of ether oxygens (including phenoxy) is 1. The molecule has 2 aromatic rings. The molecule has 0 spiro atoms. The molecule has 0 aromatic heterocycles. The van der Waals surface area contributed by atoms with Gasteiger partial charge in [0.15, 0.2) is 9.84 Å². The maximum atomic E-state index is 13.1.